The standard InChI is InChI=1S/C26H29BrN2O5/c1-3-9-28-23(31)15-7-6-14-16(21(15)25(28)33)12-18-22(26(34)29(10-4-2)24(18)32)20(14)17-11-13(27)5-8-19(17)30/h5-6,8,11,15-16,18,20-22,30H,3-4,7,9-10,12H2,1-2H3/t15-,16+,18+,20+,21-,22+/m0/s1. The van der Waals surface area contributed by atoms with Crippen molar-refractivity contribution in [2.45, 2.75) is 45.4 Å². The van der Waals surface area contributed by atoms with Crippen LogP contribution in [0.25, 0.3) is 0 Å². The molecule has 1 N–H and O–H groups in total. The van der Waals surface area contributed by atoms with Crippen LogP contribution in [0.3, 0.4) is 0 Å². The number of hydrogen-bond donors (Lipinski definition) is 1. The number of likely N-dealkylation sites (tertiary alicyclic amines) is 2. The second-order valence-electron chi connectivity index (χ2n) is 9.88. The van der Waals surface area contributed by atoms with Gasteiger partial charge in [-0.05, 0) is 49.8 Å². The largest absolute Gasteiger partial charge is 0.508 e. The molecule has 2 heterocycles. The SMILES string of the molecule is CCCN1C(=O)[C@H]2[C@H](CC=C3[C@H]2C[C@H]2C(=O)N(CCC)C(=O)[C@H]2[C@H]3c2cc(Br)ccc2O)C1=O. The molecule has 2 aliphatic carbocycles. The lowest BCUT2D eigenvalue weighted by Gasteiger charge is -2.44. The van der Waals surface area contributed by atoms with E-state index in [0.29, 0.717) is 44.3 Å². The predicted octanol–water partition coefficient (Wildman–Crippen LogP) is 3.61. The van der Waals surface area contributed by atoms with Crippen LogP contribution in [0.2, 0.25) is 0 Å². The molecule has 4 aliphatic rings. The summed E-state index contributed by atoms with van der Waals surface area (Å²) in [5.74, 6) is -3.55. The Labute approximate surface area is 207 Å². The number of phenols is 1. The Morgan fingerprint density at radius 2 is 1.50 bits per heavy atom. The molecule has 0 bridgehead atoms. The van der Waals surface area contributed by atoms with Gasteiger partial charge in [-0.3, -0.25) is 29.0 Å². The van der Waals surface area contributed by atoms with Crippen LogP contribution in [0.5, 0.6) is 5.75 Å². The number of aromatic hydroxyl groups is 1. The Hall–Kier alpha value is -2.48. The van der Waals surface area contributed by atoms with E-state index in [1.807, 2.05) is 19.9 Å². The maximum atomic E-state index is 13.5. The Morgan fingerprint density at radius 3 is 2.15 bits per heavy atom. The normalized spacial score (nSPS) is 32.6. The van der Waals surface area contributed by atoms with Gasteiger partial charge in [0.25, 0.3) is 0 Å². The van der Waals surface area contributed by atoms with Crippen LogP contribution in [0.1, 0.15) is 51.0 Å². The molecule has 0 unspecified atom stereocenters. The number of nitrogens with zero attached hydrogens (tertiary/aromatic N) is 2. The van der Waals surface area contributed by atoms with E-state index in [2.05, 4.69) is 15.9 Å². The first-order valence-electron chi connectivity index (χ1n) is 12.2. The predicted molar refractivity (Wildman–Crippen MR) is 127 cm³/mol. The van der Waals surface area contributed by atoms with Crippen molar-refractivity contribution in [3.63, 3.8) is 0 Å². The summed E-state index contributed by atoms with van der Waals surface area (Å²) in [6.07, 6.45) is 4.19. The van der Waals surface area contributed by atoms with Crippen LogP contribution in [0.15, 0.2) is 34.3 Å². The van der Waals surface area contributed by atoms with Crippen molar-refractivity contribution in [1.82, 2.24) is 9.80 Å². The van der Waals surface area contributed by atoms with E-state index in [4.69, 9.17) is 0 Å². The third-order valence-corrected chi connectivity index (χ3v) is 8.54. The molecule has 0 aromatic heterocycles. The van der Waals surface area contributed by atoms with E-state index in [0.717, 1.165) is 10.0 Å². The van der Waals surface area contributed by atoms with Gasteiger partial charge in [0.05, 0.1) is 23.7 Å². The van der Waals surface area contributed by atoms with Gasteiger partial charge in [-0.15, -0.1) is 0 Å². The summed E-state index contributed by atoms with van der Waals surface area (Å²) in [5, 5.41) is 10.8. The van der Waals surface area contributed by atoms with Crippen LogP contribution >= 0.6 is 15.9 Å². The van der Waals surface area contributed by atoms with Gasteiger partial charge in [0.15, 0.2) is 0 Å². The summed E-state index contributed by atoms with van der Waals surface area (Å²) in [5.41, 5.74) is 1.50. The first-order chi connectivity index (χ1) is 16.3. The number of carbonyl (C=O) groups excluding carboxylic acids is 4. The number of hydrogen-bond acceptors (Lipinski definition) is 5. The molecule has 0 spiro atoms. The maximum absolute atomic E-state index is 13.5. The number of imide groups is 2. The van der Waals surface area contributed by atoms with Gasteiger partial charge in [0.2, 0.25) is 23.6 Å². The topological polar surface area (TPSA) is 95.0 Å². The first-order valence-corrected chi connectivity index (χ1v) is 13.0. The van der Waals surface area contributed by atoms with E-state index in [9.17, 15) is 24.3 Å². The minimum absolute atomic E-state index is 0.0613. The lowest BCUT2D eigenvalue weighted by molar-refractivity contribution is -0.142. The third kappa shape index (κ3) is 3.28. The smallest absolute Gasteiger partial charge is 0.234 e. The van der Waals surface area contributed by atoms with Crippen molar-refractivity contribution in [3.05, 3.63) is 39.9 Å². The summed E-state index contributed by atoms with van der Waals surface area (Å²) in [7, 11) is 0. The molecule has 1 aromatic rings. The highest BCUT2D eigenvalue weighted by Gasteiger charge is 2.61. The molecule has 2 saturated heterocycles. The quantitative estimate of drug-likeness (QED) is 0.465. The molecule has 4 amide bonds. The van der Waals surface area contributed by atoms with Crippen molar-refractivity contribution < 1.29 is 24.3 Å². The Morgan fingerprint density at radius 1 is 0.882 bits per heavy atom. The number of fused-ring (bicyclic) bond motifs is 4. The molecule has 5 rings (SSSR count). The molecule has 34 heavy (non-hydrogen) atoms. The van der Waals surface area contributed by atoms with Gasteiger partial charge in [-0.25, -0.2) is 0 Å². The molecule has 6 atom stereocenters. The third-order valence-electron chi connectivity index (χ3n) is 8.05. The fourth-order valence-electron chi connectivity index (χ4n) is 6.73. The number of rotatable bonds is 5. The van der Waals surface area contributed by atoms with Crippen LogP contribution in [0, 0.1) is 29.6 Å². The van der Waals surface area contributed by atoms with E-state index in [1.165, 1.54) is 9.80 Å². The summed E-state index contributed by atoms with van der Waals surface area (Å²) in [4.78, 5) is 56.1. The molecule has 1 saturated carbocycles. The molecule has 0 radical (unpaired) electrons. The molecule has 180 valence electrons. The second kappa shape index (κ2) is 8.63. The van der Waals surface area contributed by atoms with Crippen LogP contribution in [-0.4, -0.2) is 51.6 Å². The molecular weight excluding hydrogens is 500 g/mol. The summed E-state index contributed by atoms with van der Waals surface area (Å²) < 4.78 is 0.761. The summed E-state index contributed by atoms with van der Waals surface area (Å²) in [6.45, 7) is 4.63. The van der Waals surface area contributed by atoms with Crippen molar-refractivity contribution in [2.75, 3.05) is 13.1 Å². The van der Waals surface area contributed by atoms with Crippen molar-refractivity contribution >= 4 is 39.6 Å². The molecule has 7 nitrogen and oxygen atoms in total. The van der Waals surface area contributed by atoms with E-state index in [-0.39, 0.29) is 35.3 Å². The Bertz CT molecular complexity index is 1110. The van der Waals surface area contributed by atoms with E-state index in [1.54, 1.807) is 18.2 Å². The monoisotopic (exact) mass is 528 g/mol. The van der Waals surface area contributed by atoms with E-state index < -0.39 is 29.6 Å². The van der Waals surface area contributed by atoms with Gasteiger partial charge in [-0.2, -0.15) is 0 Å². The average molecular weight is 529 g/mol. The Balaban J connectivity index is 1.64. The molecular formula is C26H29BrN2O5. The summed E-state index contributed by atoms with van der Waals surface area (Å²) in [6, 6.07) is 5.12. The van der Waals surface area contributed by atoms with Gasteiger partial charge in [0.1, 0.15) is 5.75 Å². The fourth-order valence-corrected chi connectivity index (χ4v) is 7.11. The number of benzene rings is 1. The molecule has 2 aliphatic heterocycles. The second-order valence-corrected chi connectivity index (χ2v) is 10.8. The van der Waals surface area contributed by atoms with Crippen molar-refractivity contribution in [1.29, 1.82) is 0 Å². The number of halogens is 1. The highest BCUT2D eigenvalue weighted by atomic mass is 79.9. The molecule has 3 fully saturated rings. The molecule has 8 heteroatoms. The van der Waals surface area contributed by atoms with E-state index >= 15 is 0 Å². The van der Waals surface area contributed by atoms with Crippen LogP contribution < -0.4 is 0 Å². The zero-order valence-corrected chi connectivity index (χ0v) is 21.0. The maximum Gasteiger partial charge on any atom is 0.234 e. The number of allylic oxidation sites excluding steroid dienone is 2. The average Bonchev–Trinajstić information content (AvgIpc) is 3.20. The lowest BCUT2D eigenvalue weighted by atomic mass is 9.57. The van der Waals surface area contributed by atoms with Gasteiger partial charge in [-0.1, -0.05) is 41.4 Å². The summed E-state index contributed by atoms with van der Waals surface area (Å²) >= 11 is 3.48. The van der Waals surface area contributed by atoms with Gasteiger partial charge >= 0.3 is 0 Å². The number of carbonyl (C=O) groups is 4. The van der Waals surface area contributed by atoms with Crippen LogP contribution in [-0.2, 0) is 19.2 Å². The minimum atomic E-state index is -0.614. The Kier molecular flexibility index (Phi) is 5.91. The number of amides is 4. The molecule has 1 aromatic carbocycles. The van der Waals surface area contributed by atoms with Gasteiger partial charge < -0.3 is 5.11 Å². The zero-order valence-electron chi connectivity index (χ0n) is 19.4. The minimum Gasteiger partial charge on any atom is -0.508 e. The van der Waals surface area contributed by atoms with Crippen LogP contribution in [0.4, 0.5) is 0 Å². The first kappa shape index (κ1) is 23.3. The lowest BCUT2D eigenvalue weighted by Crippen LogP contribution is -2.43. The van der Waals surface area contributed by atoms with Gasteiger partial charge in [0, 0.05) is 29.0 Å². The van der Waals surface area contributed by atoms with Crippen molar-refractivity contribution in [2.24, 2.45) is 29.6 Å². The zero-order chi connectivity index (χ0) is 24.3. The highest BCUT2D eigenvalue weighted by Crippen LogP contribution is 2.58. The van der Waals surface area contributed by atoms with Crippen molar-refractivity contribution in [3.8, 4) is 5.75 Å². The number of phenolic OH excluding ortho intramolecular Hbond substituents is 1. The highest BCUT2D eigenvalue weighted by molar-refractivity contribution is 9.10. The fraction of sp³-hybridized carbons (Fsp3) is 0.538.